The van der Waals surface area contributed by atoms with Crippen LogP contribution >= 0.6 is 0 Å². The van der Waals surface area contributed by atoms with E-state index in [0.717, 1.165) is 52.7 Å². The number of H-pyrrole nitrogens is 1. The zero-order valence-electron chi connectivity index (χ0n) is 16.6. The van der Waals surface area contributed by atoms with Crippen LogP contribution in [0.4, 0.5) is 5.82 Å². The van der Waals surface area contributed by atoms with Gasteiger partial charge in [0.15, 0.2) is 0 Å². The van der Waals surface area contributed by atoms with Crippen molar-refractivity contribution in [3.05, 3.63) is 54.0 Å². The van der Waals surface area contributed by atoms with E-state index in [1.54, 1.807) is 0 Å². The SMILES string of the molecule is CC1CNC(=O)c2cc(-c3ccnc(-c4ccc(N5CCCCC5)nc4)c3)[nH]c21. The first-order valence-corrected chi connectivity index (χ1v) is 10.4. The molecule has 3 aromatic heterocycles. The third-order valence-electron chi connectivity index (χ3n) is 5.95. The molecule has 2 N–H and O–H groups in total. The number of carbonyl (C=O) groups excluding carboxylic acids is 1. The van der Waals surface area contributed by atoms with Crippen molar-refractivity contribution in [1.82, 2.24) is 20.3 Å². The van der Waals surface area contributed by atoms with E-state index in [-0.39, 0.29) is 11.8 Å². The molecule has 0 spiro atoms. The van der Waals surface area contributed by atoms with Crippen LogP contribution in [-0.4, -0.2) is 40.5 Å². The summed E-state index contributed by atoms with van der Waals surface area (Å²) in [6.45, 7) is 4.96. The van der Waals surface area contributed by atoms with Crippen LogP contribution in [0, 0.1) is 0 Å². The number of amides is 1. The summed E-state index contributed by atoms with van der Waals surface area (Å²) in [7, 11) is 0. The molecule has 3 aromatic rings. The molecule has 6 nitrogen and oxygen atoms in total. The Kier molecular flexibility index (Phi) is 4.54. The average molecular weight is 387 g/mol. The molecule has 1 fully saturated rings. The molecule has 1 atom stereocenters. The van der Waals surface area contributed by atoms with Gasteiger partial charge in [-0.3, -0.25) is 9.78 Å². The second-order valence-electron chi connectivity index (χ2n) is 8.00. The first-order valence-electron chi connectivity index (χ1n) is 10.4. The van der Waals surface area contributed by atoms with Crippen molar-refractivity contribution >= 4 is 11.7 Å². The zero-order valence-corrected chi connectivity index (χ0v) is 16.6. The molecule has 1 unspecified atom stereocenters. The fraction of sp³-hybridized carbons (Fsp3) is 0.348. The zero-order chi connectivity index (χ0) is 19.8. The van der Waals surface area contributed by atoms with E-state index in [2.05, 4.69) is 50.3 Å². The van der Waals surface area contributed by atoms with Crippen LogP contribution in [-0.2, 0) is 0 Å². The number of pyridine rings is 2. The number of rotatable bonds is 3. The molecule has 6 heteroatoms. The predicted octanol–water partition coefficient (Wildman–Crippen LogP) is 3.98. The topological polar surface area (TPSA) is 73.9 Å². The maximum Gasteiger partial charge on any atom is 0.253 e. The number of fused-ring (bicyclic) bond motifs is 1. The number of piperidine rings is 1. The number of nitrogens with one attached hydrogen (secondary N) is 2. The van der Waals surface area contributed by atoms with Crippen molar-refractivity contribution in [2.24, 2.45) is 0 Å². The fourth-order valence-electron chi connectivity index (χ4n) is 4.25. The summed E-state index contributed by atoms with van der Waals surface area (Å²) in [5.41, 5.74) is 5.59. The Balaban J connectivity index is 1.43. The summed E-state index contributed by atoms with van der Waals surface area (Å²) >= 11 is 0. The molecule has 0 saturated carbocycles. The first kappa shape index (κ1) is 17.9. The monoisotopic (exact) mass is 387 g/mol. The highest BCUT2D eigenvalue weighted by Crippen LogP contribution is 2.30. The molecule has 0 aliphatic carbocycles. The number of hydrogen-bond donors (Lipinski definition) is 2. The minimum absolute atomic E-state index is 0.00705. The Morgan fingerprint density at radius 3 is 2.66 bits per heavy atom. The van der Waals surface area contributed by atoms with E-state index >= 15 is 0 Å². The van der Waals surface area contributed by atoms with Gasteiger partial charge in [0.25, 0.3) is 5.91 Å². The molecule has 0 bridgehead atoms. The Hall–Kier alpha value is -3.15. The summed E-state index contributed by atoms with van der Waals surface area (Å²) in [5, 5.41) is 2.94. The summed E-state index contributed by atoms with van der Waals surface area (Å²) in [4.78, 5) is 27.2. The minimum atomic E-state index is -0.00705. The minimum Gasteiger partial charge on any atom is -0.357 e. The maximum absolute atomic E-state index is 12.2. The third kappa shape index (κ3) is 3.39. The van der Waals surface area contributed by atoms with Gasteiger partial charge in [-0.15, -0.1) is 0 Å². The van der Waals surface area contributed by atoms with Crippen molar-refractivity contribution in [1.29, 1.82) is 0 Å². The van der Waals surface area contributed by atoms with Crippen molar-refractivity contribution in [3.63, 3.8) is 0 Å². The van der Waals surface area contributed by atoms with Gasteiger partial charge >= 0.3 is 0 Å². The number of aromatic amines is 1. The fourth-order valence-corrected chi connectivity index (χ4v) is 4.25. The van der Waals surface area contributed by atoms with Gasteiger partial charge in [0.05, 0.1) is 11.3 Å². The van der Waals surface area contributed by atoms with Crippen LogP contribution in [0.5, 0.6) is 0 Å². The van der Waals surface area contributed by atoms with Crippen LogP contribution in [0.25, 0.3) is 22.5 Å². The molecule has 0 radical (unpaired) electrons. The Morgan fingerprint density at radius 2 is 1.90 bits per heavy atom. The molecule has 5 heterocycles. The maximum atomic E-state index is 12.2. The number of aromatic nitrogens is 3. The Bertz CT molecular complexity index is 1030. The first-order chi connectivity index (χ1) is 14.2. The second kappa shape index (κ2) is 7.35. The summed E-state index contributed by atoms with van der Waals surface area (Å²) in [6.07, 6.45) is 7.51. The van der Waals surface area contributed by atoms with Crippen LogP contribution in [0.3, 0.4) is 0 Å². The van der Waals surface area contributed by atoms with E-state index in [0.29, 0.717) is 6.54 Å². The van der Waals surface area contributed by atoms with Crippen molar-refractivity contribution < 1.29 is 4.79 Å². The van der Waals surface area contributed by atoms with E-state index < -0.39 is 0 Å². The lowest BCUT2D eigenvalue weighted by Gasteiger charge is -2.27. The highest BCUT2D eigenvalue weighted by Gasteiger charge is 2.25. The van der Waals surface area contributed by atoms with Crippen molar-refractivity contribution in [3.8, 4) is 22.5 Å². The molecular formula is C23H25N5O. The number of nitrogens with zero attached hydrogens (tertiary/aromatic N) is 3. The van der Waals surface area contributed by atoms with E-state index in [1.165, 1.54) is 19.3 Å². The van der Waals surface area contributed by atoms with Gasteiger partial charge in [-0.25, -0.2) is 4.98 Å². The quantitative estimate of drug-likeness (QED) is 0.713. The molecule has 1 saturated heterocycles. The van der Waals surface area contributed by atoms with Gasteiger partial charge < -0.3 is 15.2 Å². The molecule has 5 rings (SSSR count). The van der Waals surface area contributed by atoms with Gasteiger partial charge in [-0.1, -0.05) is 6.92 Å². The second-order valence-corrected chi connectivity index (χ2v) is 8.00. The normalized spacial score (nSPS) is 19.0. The highest BCUT2D eigenvalue weighted by molar-refractivity contribution is 5.98. The van der Waals surface area contributed by atoms with Crippen LogP contribution in [0.1, 0.15) is 48.2 Å². The summed E-state index contributed by atoms with van der Waals surface area (Å²) in [6, 6.07) is 10.2. The average Bonchev–Trinajstić information content (AvgIpc) is 3.24. The lowest BCUT2D eigenvalue weighted by molar-refractivity contribution is 0.0941. The van der Waals surface area contributed by atoms with Gasteiger partial charge in [0.2, 0.25) is 0 Å². The lowest BCUT2D eigenvalue weighted by atomic mass is 9.99. The number of hydrogen-bond acceptors (Lipinski definition) is 4. The number of carbonyl (C=O) groups is 1. The number of anilines is 1. The van der Waals surface area contributed by atoms with E-state index in [9.17, 15) is 4.79 Å². The van der Waals surface area contributed by atoms with E-state index in [1.807, 2.05) is 24.5 Å². The summed E-state index contributed by atoms with van der Waals surface area (Å²) < 4.78 is 0. The molecule has 2 aliphatic heterocycles. The third-order valence-corrected chi connectivity index (χ3v) is 5.95. The lowest BCUT2D eigenvalue weighted by Crippen LogP contribution is -2.33. The molecule has 29 heavy (non-hydrogen) atoms. The Labute approximate surface area is 170 Å². The Morgan fingerprint density at radius 1 is 1.03 bits per heavy atom. The molecule has 148 valence electrons. The molecule has 1 amide bonds. The molecule has 0 aromatic carbocycles. The van der Waals surface area contributed by atoms with Gasteiger partial charge in [-0.2, -0.15) is 0 Å². The van der Waals surface area contributed by atoms with Gasteiger partial charge in [-0.05, 0) is 49.6 Å². The smallest absolute Gasteiger partial charge is 0.253 e. The predicted molar refractivity (Wildman–Crippen MR) is 114 cm³/mol. The van der Waals surface area contributed by atoms with Crippen LogP contribution in [0.15, 0.2) is 42.7 Å². The van der Waals surface area contributed by atoms with Crippen molar-refractivity contribution in [2.75, 3.05) is 24.5 Å². The van der Waals surface area contributed by atoms with Gasteiger partial charge in [0, 0.05) is 60.5 Å². The largest absolute Gasteiger partial charge is 0.357 e. The standard InChI is InChI=1S/C23H25N5O/c1-15-13-26-23(29)18-12-20(27-22(15)18)16-7-8-24-19(11-16)17-5-6-21(25-14-17)28-9-3-2-4-10-28/h5-8,11-12,14-15,27H,2-4,9-10,13H2,1H3,(H,26,29). The van der Waals surface area contributed by atoms with E-state index in [4.69, 9.17) is 0 Å². The highest BCUT2D eigenvalue weighted by atomic mass is 16.1. The summed E-state index contributed by atoms with van der Waals surface area (Å²) in [5.74, 6) is 1.32. The molecular weight excluding hydrogens is 362 g/mol. The van der Waals surface area contributed by atoms with Crippen LogP contribution < -0.4 is 10.2 Å². The van der Waals surface area contributed by atoms with Gasteiger partial charge in [0.1, 0.15) is 5.82 Å². The van der Waals surface area contributed by atoms with Crippen LogP contribution in [0.2, 0.25) is 0 Å². The van der Waals surface area contributed by atoms with Crippen molar-refractivity contribution in [2.45, 2.75) is 32.1 Å². The molecule has 2 aliphatic rings.